The van der Waals surface area contributed by atoms with Crippen LogP contribution in [0.4, 0.5) is 0 Å². The topological polar surface area (TPSA) is 26.3 Å². The van der Waals surface area contributed by atoms with E-state index in [1.54, 1.807) is 0 Å². The SMILES string of the molecule is C=CC(=O)OC1(CCCC)C2CC3CC(C2)CC1C3. The monoisotopic (exact) mass is 262 g/mol. The van der Waals surface area contributed by atoms with Crippen LogP contribution in [0.3, 0.4) is 0 Å². The standard InChI is InChI=1S/C17H26O2/c1-3-5-6-17(19-16(18)4-2)14-8-12-7-13(10-14)11-15(17)9-12/h4,12-15H,2-3,5-11H2,1H3. The number of hydrogen-bond donors (Lipinski definition) is 0. The van der Waals surface area contributed by atoms with Crippen LogP contribution in [0.1, 0.15) is 58.3 Å². The van der Waals surface area contributed by atoms with Crippen LogP contribution in [0, 0.1) is 23.7 Å². The fourth-order valence-electron chi connectivity index (χ4n) is 5.29. The summed E-state index contributed by atoms with van der Waals surface area (Å²) in [6.45, 7) is 5.80. The average Bonchev–Trinajstić information content (AvgIpc) is 2.40. The molecule has 106 valence electrons. The second-order valence-corrected chi connectivity index (χ2v) is 6.99. The smallest absolute Gasteiger partial charge is 0.330 e. The molecule has 0 spiro atoms. The maximum atomic E-state index is 11.8. The van der Waals surface area contributed by atoms with Crippen LogP contribution < -0.4 is 0 Å². The molecule has 0 saturated heterocycles. The van der Waals surface area contributed by atoms with Gasteiger partial charge >= 0.3 is 5.97 Å². The van der Waals surface area contributed by atoms with Crippen LogP contribution in [0.25, 0.3) is 0 Å². The van der Waals surface area contributed by atoms with Crippen molar-refractivity contribution in [3.63, 3.8) is 0 Å². The minimum atomic E-state index is -0.205. The first-order chi connectivity index (χ1) is 9.18. The third kappa shape index (κ3) is 2.13. The van der Waals surface area contributed by atoms with E-state index < -0.39 is 0 Å². The first-order valence-corrected chi connectivity index (χ1v) is 8.03. The van der Waals surface area contributed by atoms with E-state index in [0.29, 0.717) is 11.8 Å². The predicted molar refractivity (Wildman–Crippen MR) is 75.6 cm³/mol. The number of ether oxygens (including phenoxy) is 1. The van der Waals surface area contributed by atoms with Crippen LogP contribution in [0.5, 0.6) is 0 Å². The third-order valence-electron chi connectivity index (χ3n) is 5.90. The Kier molecular flexibility index (Phi) is 3.44. The van der Waals surface area contributed by atoms with E-state index in [1.165, 1.54) is 51.0 Å². The van der Waals surface area contributed by atoms with Crippen molar-refractivity contribution in [2.45, 2.75) is 63.9 Å². The normalized spacial score (nSPS) is 43.2. The summed E-state index contributed by atoms with van der Waals surface area (Å²) in [4.78, 5) is 11.8. The molecule has 0 amide bonds. The summed E-state index contributed by atoms with van der Waals surface area (Å²) < 4.78 is 6.01. The van der Waals surface area contributed by atoms with Gasteiger partial charge in [-0.25, -0.2) is 4.79 Å². The number of unbranched alkanes of at least 4 members (excludes halogenated alkanes) is 1. The van der Waals surface area contributed by atoms with Crippen molar-refractivity contribution in [2.24, 2.45) is 23.7 Å². The van der Waals surface area contributed by atoms with Crippen molar-refractivity contribution in [1.29, 1.82) is 0 Å². The van der Waals surface area contributed by atoms with E-state index >= 15 is 0 Å². The molecule has 0 aliphatic heterocycles. The van der Waals surface area contributed by atoms with Gasteiger partial charge < -0.3 is 4.74 Å². The number of hydrogen-bond acceptors (Lipinski definition) is 2. The van der Waals surface area contributed by atoms with Gasteiger partial charge in [0.25, 0.3) is 0 Å². The fourth-order valence-corrected chi connectivity index (χ4v) is 5.29. The van der Waals surface area contributed by atoms with Crippen molar-refractivity contribution in [1.82, 2.24) is 0 Å². The van der Waals surface area contributed by atoms with E-state index in [0.717, 1.165) is 18.3 Å². The van der Waals surface area contributed by atoms with E-state index in [-0.39, 0.29) is 11.6 Å². The molecule has 0 aromatic heterocycles. The van der Waals surface area contributed by atoms with E-state index in [9.17, 15) is 4.79 Å². The quantitative estimate of drug-likeness (QED) is 0.551. The van der Waals surface area contributed by atoms with Gasteiger partial charge in [0.2, 0.25) is 0 Å². The van der Waals surface area contributed by atoms with E-state index in [2.05, 4.69) is 13.5 Å². The summed E-state index contributed by atoms with van der Waals surface area (Å²) in [7, 11) is 0. The molecule has 4 saturated carbocycles. The molecule has 0 N–H and O–H groups in total. The molecule has 4 aliphatic rings. The Morgan fingerprint density at radius 3 is 2.26 bits per heavy atom. The van der Waals surface area contributed by atoms with Gasteiger partial charge in [-0.1, -0.05) is 19.9 Å². The van der Waals surface area contributed by atoms with Crippen LogP contribution in [-0.4, -0.2) is 11.6 Å². The summed E-state index contributed by atoms with van der Waals surface area (Å²) in [6.07, 6.45) is 11.4. The zero-order chi connectivity index (χ0) is 13.5. The van der Waals surface area contributed by atoms with Crippen molar-refractivity contribution in [3.8, 4) is 0 Å². The number of carbonyl (C=O) groups excluding carboxylic acids is 1. The highest BCUT2D eigenvalue weighted by atomic mass is 16.6. The summed E-state index contributed by atoms with van der Waals surface area (Å²) in [6, 6.07) is 0. The predicted octanol–water partition coefficient (Wildman–Crippen LogP) is 4.10. The van der Waals surface area contributed by atoms with Gasteiger partial charge in [0, 0.05) is 6.08 Å². The highest BCUT2D eigenvalue weighted by Gasteiger charge is 2.58. The Bertz CT molecular complexity index is 343. The second kappa shape index (κ2) is 4.96. The highest BCUT2D eigenvalue weighted by Crippen LogP contribution is 2.61. The van der Waals surface area contributed by atoms with Gasteiger partial charge in [-0.15, -0.1) is 0 Å². The molecule has 2 nitrogen and oxygen atoms in total. The second-order valence-electron chi connectivity index (χ2n) is 6.99. The molecule has 4 bridgehead atoms. The molecule has 4 aliphatic carbocycles. The average molecular weight is 262 g/mol. The van der Waals surface area contributed by atoms with Crippen LogP contribution in [-0.2, 0) is 9.53 Å². The maximum absolute atomic E-state index is 11.8. The lowest BCUT2D eigenvalue weighted by molar-refractivity contribution is -0.208. The lowest BCUT2D eigenvalue weighted by Crippen LogP contribution is -2.59. The lowest BCUT2D eigenvalue weighted by Gasteiger charge is -2.60. The van der Waals surface area contributed by atoms with Crippen LogP contribution in [0.2, 0.25) is 0 Å². The van der Waals surface area contributed by atoms with Crippen molar-refractivity contribution in [2.75, 3.05) is 0 Å². The Balaban J connectivity index is 1.85. The molecule has 0 radical (unpaired) electrons. The van der Waals surface area contributed by atoms with Gasteiger partial charge in [0.05, 0.1) is 0 Å². The molecular formula is C17H26O2. The number of esters is 1. The number of rotatable bonds is 5. The summed E-state index contributed by atoms with van der Waals surface area (Å²) in [5.41, 5.74) is -0.144. The summed E-state index contributed by atoms with van der Waals surface area (Å²) >= 11 is 0. The molecule has 0 aromatic carbocycles. The fraction of sp³-hybridized carbons (Fsp3) is 0.824. The Hall–Kier alpha value is -0.790. The Morgan fingerprint density at radius 1 is 1.21 bits per heavy atom. The van der Waals surface area contributed by atoms with Gasteiger partial charge in [-0.2, -0.15) is 0 Å². The van der Waals surface area contributed by atoms with E-state index in [1.807, 2.05) is 0 Å². The third-order valence-corrected chi connectivity index (χ3v) is 5.90. The maximum Gasteiger partial charge on any atom is 0.330 e. The van der Waals surface area contributed by atoms with Crippen LogP contribution in [0.15, 0.2) is 12.7 Å². The zero-order valence-corrected chi connectivity index (χ0v) is 12.1. The van der Waals surface area contributed by atoms with Crippen LogP contribution >= 0.6 is 0 Å². The van der Waals surface area contributed by atoms with Gasteiger partial charge in [-0.3, -0.25) is 0 Å². The molecule has 4 rings (SSSR count). The molecular weight excluding hydrogens is 236 g/mol. The molecule has 0 aromatic rings. The minimum Gasteiger partial charge on any atom is -0.455 e. The van der Waals surface area contributed by atoms with E-state index in [4.69, 9.17) is 4.74 Å². The minimum absolute atomic E-state index is 0.144. The van der Waals surface area contributed by atoms with Crippen molar-refractivity contribution >= 4 is 5.97 Å². The molecule has 0 atom stereocenters. The molecule has 2 heteroatoms. The van der Waals surface area contributed by atoms with Crippen molar-refractivity contribution in [3.05, 3.63) is 12.7 Å². The van der Waals surface area contributed by atoms with Gasteiger partial charge in [0.15, 0.2) is 0 Å². The first-order valence-electron chi connectivity index (χ1n) is 8.03. The highest BCUT2D eigenvalue weighted by molar-refractivity contribution is 5.81. The molecule has 4 fully saturated rings. The van der Waals surface area contributed by atoms with Crippen molar-refractivity contribution < 1.29 is 9.53 Å². The molecule has 0 heterocycles. The Labute approximate surface area is 116 Å². The largest absolute Gasteiger partial charge is 0.455 e. The lowest BCUT2D eigenvalue weighted by atomic mass is 9.49. The zero-order valence-electron chi connectivity index (χ0n) is 12.1. The van der Waals surface area contributed by atoms with Gasteiger partial charge in [0.1, 0.15) is 5.60 Å². The summed E-state index contributed by atoms with van der Waals surface area (Å²) in [5.74, 6) is 2.88. The molecule has 19 heavy (non-hydrogen) atoms. The Morgan fingerprint density at radius 2 is 1.79 bits per heavy atom. The molecule has 0 unspecified atom stereocenters. The number of carbonyl (C=O) groups is 1. The van der Waals surface area contributed by atoms with Gasteiger partial charge in [-0.05, 0) is 68.6 Å². The summed E-state index contributed by atoms with van der Waals surface area (Å²) in [5, 5.41) is 0. The first kappa shape index (κ1) is 13.2.